The second-order valence-electron chi connectivity index (χ2n) is 10.4. The van der Waals surface area contributed by atoms with Gasteiger partial charge in [0.25, 0.3) is 0 Å². The number of fused-ring (bicyclic) bond motifs is 5. The van der Waals surface area contributed by atoms with Gasteiger partial charge >= 0.3 is 29.6 Å². The minimum atomic E-state index is -1.82. The summed E-state index contributed by atoms with van der Waals surface area (Å²) in [5.41, 5.74) is 2.06. The van der Waals surface area contributed by atoms with E-state index in [0.717, 1.165) is 31.2 Å². The number of benzene rings is 1. The quantitative estimate of drug-likeness (QED) is 0.267. The molecule has 1 aromatic carbocycles. The average Bonchev–Trinajstić information content (AvgIpc) is 3.02. The molecule has 0 amide bonds. The van der Waals surface area contributed by atoms with E-state index in [1.54, 1.807) is 6.07 Å². The van der Waals surface area contributed by atoms with Crippen LogP contribution < -0.4 is 39.4 Å². The van der Waals surface area contributed by atoms with Crippen LogP contribution in [-0.4, -0.2) is 74.4 Å². The van der Waals surface area contributed by atoms with Gasteiger partial charge in [-0.1, -0.05) is 13.0 Å². The van der Waals surface area contributed by atoms with Crippen molar-refractivity contribution in [2.75, 3.05) is 0 Å². The summed E-state index contributed by atoms with van der Waals surface area (Å²) in [7, 11) is 0. The van der Waals surface area contributed by atoms with Crippen LogP contribution in [0.2, 0.25) is 0 Å². The largest absolute Gasteiger partial charge is 1.00 e. The molecule has 9 nitrogen and oxygen atoms in total. The van der Waals surface area contributed by atoms with E-state index in [1.165, 1.54) is 5.56 Å². The van der Waals surface area contributed by atoms with Crippen LogP contribution in [0, 0.1) is 17.3 Å². The number of hydrogen-bond acceptors (Lipinski definition) is 9. The van der Waals surface area contributed by atoms with E-state index in [1.807, 2.05) is 12.1 Å². The van der Waals surface area contributed by atoms with E-state index in [9.17, 15) is 35.4 Å². The normalized spacial score (nSPS) is 45.4. The molecule has 0 aromatic heterocycles. The Kier molecular flexibility index (Phi) is 7.44. The molecule has 5 N–H and O–H groups in total. The molecule has 182 valence electrons. The Morgan fingerprint density at radius 3 is 2.56 bits per heavy atom. The number of aliphatic hydroxyl groups is 5. The summed E-state index contributed by atoms with van der Waals surface area (Å²) in [6.45, 7) is 2.10. The number of carbonyl (C=O) groups is 1. The summed E-state index contributed by atoms with van der Waals surface area (Å²) in [5.74, 6) is -0.354. The molecule has 3 fully saturated rings. The molecule has 0 radical (unpaired) electrons. The standard InChI is InChI=1S/C24H32O9.Na/c1-24-7-6-13-12-5-3-11(32-23-19(28)17(26)18(27)20(33-23)22(30)31)8-10(12)2-4-14(13)15(24)9-16(25)21(24)29;/h3,5,8,13-21,23,25-29H,2,4,6-7,9H2,1H3,(H,30,31);/q;+1/p-1/t13?,14?,15?,16?,17?,18?,19?,20?,21?,23?,24-;/m0./s1. The van der Waals surface area contributed by atoms with Crippen LogP contribution in [0.15, 0.2) is 18.2 Å². The molecule has 1 heterocycles. The first-order chi connectivity index (χ1) is 15.6. The zero-order chi connectivity index (χ0) is 23.7. The number of hydrogen-bond donors (Lipinski definition) is 5. The second-order valence-corrected chi connectivity index (χ2v) is 10.4. The fraction of sp³-hybridized carbons (Fsp3) is 0.708. The maximum atomic E-state index is 11.2. The van der Waals surface area contributed by atoms with Crippen molar-refractivity contribution in [1.82, 2.24) is 0 Å². The minimum Gasteiger partial charge on any atom is -0.547 e. The van der Waals surface area contributed by atoms with Gasteiger partial charge in [0.05, 0.1) is 18.2 Å². The summed E-state index contributed by atoms with van der Waals surface area (Å²) >= 11 is 0. The smallest absolute Gasteiger partial charge is 0.547 e. The molecule has 10 heteroatoms. The van der Waals surface area contributed by atoms with E-state index in [2.05, 4.69) is 6.92 Å². The maximum absolute atomic E-state index is 11.2. The summed E-state index contributed by atoms with van der Waals surface area (Å²) in [5, 5.41) is 62.1. The third kappa shape index (κ3) is 4.13. The third-order valence-electron chi connectivity index (χ3n) is 8.73. The molecule has 0 spiro atoms. The van der Waals surface area contributed by atoms with Crippen LogP contribution in [-0.2, 0) is 16.0 Å². The first kappa shape index (κ1) is 26.3. The molecule has 5 rings (SSSR count). The Hall–Kier alpha value is -0.750. The van der Waals surface area contributed by atoms with Crippen LogP contribution >= 0.6 is 0 Å². The van der Waals surface area contributed by atoms with Gasteiger partial charge in [-0.2, -0.15) is 0 Å². The van der Waals surface area contributed by atoms with E-state index >= 15 is 0 Å². The van der Waals surface area contributed by atoms with Gasteiger partial charge in [-0.3, -0.25) is 0 Å². The van der Waals surface area contributed by atoms with Crippen molar-refractivity contribution in [3.05, 3.63) is 29.3 Å². The van der Waals surface area contributed by atoms with Crippen molar-refractivity contribution in [2.24, 2.45) is 17.3 Å². The molecular weight excluding hydrogens is 455 g/mol. The fourth-order valence-electron chi connectivity index (χ4n) is 6.89. The molecule has 1 aliphatic heterocycles. The van der Waals surface area contributed by atoms with Crippen molar-refractivity contribution < 1.29 is 74.5 Å². The molecule has 11 atom stereocenters. The molecule has 4 aliphatic rings. The van der Waals surface area contributed by atoms with Gasteiger partial charge in [-0.25, -0.2) is 0 Å². The molecule has 34 heavy (non-hydrogen) atoms. The summed E-state index contributed by atoms with van der Waals surface area (Å²) in [6.07, 6.45) is -5.72. The fourth-order valence-corrected chi connectivity index (χ4v) is 6.89. The first-order valence-corrected chi connectivity index (χ1v) is 11.7. The summed E-state index contributed by atoms with van der Waals surface area (Å²) in [4.78, 5) is 11.2. The Bertz CT molecular complexity index is 928. The number of carboxylic acids is 1. The molecule has 0 bridgehead atoms. The first-order valence-electron chi connectivity index (χ1n) is 11.7. The topological polar surface area (TPSA) is 160 Å². The van der Waals surface area contributed by atoms with Crippen molar-refractivity contribution >= 4 is 5.97 Å². The number of carboxylic acid groups (broad SMARTS) is 1. The second kappa shape index (κ2) is 9.61. The Balaban J connectivity index is 0.00000274. The number of ether oxygens (including phenoxy) is 2. The monoisotopic (exact) mass is 486 g/mol. The number of aryl methyl sites for hydroxylation is 1. The summed E-state index contributed by atoms with van der Waals surface area (Å²) < 4.78 is 10.8. The Morgan fingerprint density at radius 1 is 1.12 bits per heavy atom. The van der Waals surface area contributed by atoms with Gasteiger partial charge < -0.3 is 44.9 Å². The molecule has 2 saturated carbocycles. The van der Waals surface area contributed by atoms with Crippen LogP contribution in [0.25, 0.3) is 0 Å². The predicted molar refractivity (Wildman–Crippen MR) is 111 cm³/mol. The van der Waals surface area contributed by atoms with Crippen molar-refractivity contribution in [3.8, 4) is 5.75 Å². The Morgan fingerprint density at radius 2 is 1.85 bits per heavy atom. The van der Waals surface area contributed by atoms with Crippen molar-refractivity contribution in [2.45, 2.75) is 87.9 Å². The number of rotatable bonds is 3. The maximum Gasteiger partial charge on any atom is 1.00 e. The van der Waals surface area contributed by atoms with Crippen LogP contribution in [0.1, 0.15) is 49.7 Å². The van der Waals surface area contributed by atoms with E-state index in [-0.39, 0.29) is 40.9 Å². The SMILES string of the molecule is C[C@]12CCC3c4ccc(OC5OC(C(=O)[O-])C(O)C(O)C5O)cc4CCC3C1CC(O)C2O.[Na+]. The zero-order valence-electron chi connectivity index (χ0n) is 19.4. The van der Waals surface area contributed by atoms with Gasteiger partial charge in [0, 0.05) is 0 Å². The van der Waals surface area contributed by atoms with E-state index in [0.29, 0.717) is 24.0 Å². The van der Waals surface area contributed by atoms with Gasteiger partial charge in [0.2, 0.25) is 6.29 Å². The van der Waals surface area contributed by atoms with Gasteiger partial charge in [0.1, 0.15) is 30.2 Å². The van der Waals surface area contributed by atoms with E-state index < -0.39 is 48.9 Å². The van der Waals surface area contributed by atoms with Gasteiger partial charge in [-0.05, 0) is 78.5 Å². The average molecular weight is 486 g/mol. The summed E-state index contributed by atoms with van der Waals surface area (Å²) in [6, 6.07) is 5.55. The van der Waals surface area contributed by atoms with Gasteiger partial charge in [0.15, 0.2) is 0 Å². The van der Waals surface area contributed by atoms with Gasteiger partial charge in [-0.15, -0.1) is 0 Å². The van der Waals surface area contributed by atoms with Crippen LogP contribution in [0.4, 0.5) is 0 Å². The van der Waals surface area contributed by atoms with Crippen LogP contribution in [0.5, 0.6) is 5.75 Å². The molecule has 3 aliphatic carbocycles. The predicted octanol–water partition coefficient (Wildman–Crippen LogP) is -4.19. The number of aliphatic hydroxyl groups excluding tert-OH is 5. The minimum absolute atomic E-state index is 0. The van der Waals surface area contributed by atoms with Crippen LogP contribution in [0.3, 0.4) is 0 Å². The van der Waals surface area contributed by atoms with E-state index in [4.69, 9.17) is 9.47 Å². The molecule has 1 saturated heterocycles. The van der Waals surface area contributed by atoms with Crippen molar-refractivity contribution in [3.63, 3.8) is 0 Å². The number of carbonyl (C=O) groups excluding carboxylic acids is 1. The molecular formula is C24H31NaO9. The number of aliphatic carboxylic acids is 1. The Labute approximate surface area is 220 Å². The molecule has 1 aromatic rings. The third-order valence-corrected chi connectivity index (χ3v) is 8.73. The zero-order valence-corrected chi connectivity index (χ0v) is 21.4. The van der Waals surface area contributed by atoms with Crippen molar-refractivity contribution in [1.29, 1.82) is 0 Å². The molecule has 10 unspecified atom stereocenters.